The lowest BCUT2D eigenvalue weighted by atomic mass is 10.1. The molecule has 0 aromatic heterocycles. The highest BCUT2D eigenvalue weighted by Gasteiger charge is 2.30. The van der Waals surface area contributed by atoms with Crippen molar-refractivity contribution in [2.24, 2.45) is 4.99 Å². The molecule has 8 heteroatoms. The van der Waals surface area contributed by atoms with E-state index in [9.17, 15) is 14.9 Å². The van der Waals surface area contributed by atoms with Crippen LogP contribution in [-0.4, -0.2) is 59.8 Å². The molecule has 2 aliphatic heterocycles. The Morgan fingerprint density at radius 3 is 2.59 bits per heavy atom. The average molecular weight is 433 g/mol. The molecule has 2 aliphatic rings. The van der Waals surface area contributed by atoms with E-state index in [4.69, 9.17) is 0 Å². The van der Waals surface area contributed by atoms with E-state index in [2.05, 4.69) is 15.6 Å². The summed E-state index contributed by atoms with van der Waals surface area (Å²) in [5, 5.41) is 17.1. The number of carbonyl (C=O) groups excluding carboxylic acids is 2. The van der Waals surface area contributed by atoms with Gasteiger partial charge in [-0.3, -0.25) is 14.9 Å². The van der Waals surface area contributed by atoms with Gasteiger partial charge in [0.25, 0.3) is 0 Å². The summed E-state index contributed by atoms with van der Waals surface area (Å²) in [7, 11) is 0. The van der Waals surface area contributed by atoms with Crippen LogP contribution in [0.15, 0.2) is 47.5 Å². The maximum Gasteiger partial charge on any atom is 0.247 e. The van der Waals surface area contributed by atoms with Crippen molar-refractivity contribution < 1.29 is 9.59 Å². The summed E-state index contributed by atoms with van der Waals surface area (Å²) < 4.78 is 0. The monoisotopic (exact) mass is 432 g/mol. The Labute approximate surface area is 187 Å². The third-order valence-electron chi connectivity index (χ3n) is 6.01. The molecular formula is C24H28N6O2. The molecule has 1 atom stereocenters. The van der Waals surface area contributed by atoms with Crippen molar-refractivity contribution in [3.05, 3.63) is 42.5 Å². The van der Waals surface area contributed by atoms with Crippen LogP contribution in [0.3, 0.4) is 0 Å². The molecule has 0 radical (unpaired) electrons. The lowest BCUT2D eigenvalue weighted by molar-refractivity contribution is -0.140. The van der Waals surface area contributed by atoms with Crippen molar-refractivity contribution in [3.63, 3.8) is 0 Å². The van der Waals surface area contributed by atoms with Crippen LogP contribution in [-0.2, 0) is 9.59 Å². The SMILES string of the molecule is N#CNC(=N[C@H]1CCCCN(CC(=O)N2CCCC2)C1=O)Nc1ccc2ccccc2c1. The summed E-state index contributed by atoms with van der Waals surface area (Å²) in [5.74, 6) is 0.0755. The Morgan fingerprint density at radius 2 is 1.81 bits per heavy atom. The zero-order valence-electron chi connectivity index (χ0n) is 18.1. The molecule has 2 amide bonds. The summed E-state index contributed by atoms with van der Waals surface area (Å²) in [6.07, 6.45) is 6.21. The van der Waals surface area contributed by atoms with Gasteiger partial charge in [-0.2, -0.15) is 5.26 Å². The molecule has 4 rings (SSSR count). The highest BCUT2D eigenvalue weighted by atomic mass is 16.2. The maximum absolute atomic E-state index is 13.2. The average Bonchev–Trinajstić information content (AvgIpc) is 3.29. The number of anilines is 1. The first-order valence-electron chi connectivity index (χ1n) is 11.2. The first-order valence-corrected chi connectivity index (χ1v) is 11.2. The van der Waals surface area contributed by atoms with Crippen LogP contribution in [0.2, 0.25) is 0 Å². The minimum Gasteiger partial charge on any atom is -0.341 e. The summed E-state index contributed by atoms with van der Waals surface area (Å²) >= 11 is 0. The Morgan fingerprint density at radius 1 is 1.06 bits per heavy atom. The molecule has 2 N–H and O–H groups in total. The number of likely N-dealkylation sites (tertiary alicyclic amines) is 2. The number of hydrogen-bond donors (Lipinski definition) is 2. The van der Waals surface area contributed by atoms with Crippen LogP contribution in [0.4, 0.5) is 5.69 Å². The number of guanidine groups is 1. The Hall–Kier alpha value is -3.60. The fourth-order valence-corrected chi connectivity index (χ4v) is 4.30. The van der Waals surface area contributed by atoms with E-state index < -0.39 is 6.04 Å². The first kappa shape index (κ1) is 21.6. The predicted molar refractivity (Wildman–Crippen MR) is 124 cm³/mol. The smallest absolute Gasteiger partial charge is 0.247 e. The van der Waals surface area contributed by atoms with Crippen molar-refractivity contribution in [1.29, 1.82) is 5.26 Å². The number of hydrogen-bond acceptors (Lipinski definition) is 4. The van der Waals surface area contributed by atoms with E-state index >= 15 is 0 Å². The van der Waals surface area contributed by atoms with Gasteiger partial charge in [0.15, 0.2) is 6.19 Å². The molecule has 2 saturated heterocycles. The second-order valence-electron chi connectivity index (χ2n) is 8.26. The van der Waals surface area contributed by atoms with Crippen LogP contribution in [0.1, 0.15) is 32.1 Å². The lowest BCUT2D eigenvalue weighted by Crippen LogP contribution is -2.45. The third-order valence-corrected chi connectivity index (χ3v) is 6.01. The Kier molecular flexibility index (Phi) is 6.85. The molecule has 0 saturated carbocycles. The van der Waals surface area contributed by atoms with Crippen molar-refractivity contribution in [2.45, 2.75) is 38.1 Å². The number of benzene rings is 2. The largest absolute Gasteiger partial charge is 0.341 e. The molecular weight excluding hydrogens is 404 g/mol. The second kappa shape index (κ2) is 10.1. The van der Waals surface area contributed by atoms with Crippen molar-refractivity contribution in [2.75, 3.05) is 31.5 Å². The van der Waals surface area contributed by atoms with E-state index in [1.54, 1.807) is 4.90 Å². The Bertz CT molecular complexity index is 1050. The number of nitriles is 1. The molecule has 0 aliphatic carbocycles. The molecule has 8 nitrogen and oxygen atoms in total. The molecule has 0 spiro atoms. The fourth-order valence-electron chi connectivity index (χ4n) is 4.30. The predicted octanol–water partition coefficient (Wildman–Crippen LogP) is 2.68. The van der Waals surface area contributed by atoms with Gasteiger partial charge in [-0.05, 0) is 55.0 Å². The summed E-state index contributed by atoms with van der Waals surface area (Å²) in [6.45, 7) is 2.20. The van der Waals surface area contributed by atoms with Crippen molar-refractivity contribution in [1.82, 2.24) is 15.1 Å². The summed E-state index contributed by atoms with van der Waals surface area (Å²) in [6, 6.07) is 13.2. The van der Waals surface area contributed by atoms with Gasteiger partial charge in [-0.1, -0.05) is 30.3 Å². The summed E-state index contributed by atoms with van der Waals surface area (Å²) in [4.78, 5) is 33.8. The van der Waals surface area contributed by atoms with Crippen molar-refractivity contribution >= 4 is 34.2 Å². The molecule has 2 fully saturated rings. The van der Waals surface area contributed by atoms with E-state index in [-0.39, 0.29) is 24.3 Å². The van der Waals surface area contributed by atoms with Crippen LogP contribution < -0.4 is 10.6 Å². The number of nitrogens with one attached hydrogen (secondary N) is 2. The number of nitrogens with zero attached hydrogens (tertiary/aromatic N) is 4. The highest BCUT2D eigenvalue weighted by Crippen LogP contribution is 2.20. The first-order chi connectivity index (χ1) is 15.6. The van der Waals surface area contributed by atoms with Crippen LogP contribution in [0.5, 0.6) is 0 Å². The van der Waals surface area contributed by atoms with E-state index in [1.807, 2.05) is 53.6 Å². The minimum atomic E-state index is -0.632. The molecule has 2 aromatic rings. The number of aliphatic imine (C=N–C) groups is 1. The zero-order valence-corrected chi connectivity index (χ0v) is 18.1. The lowest BCUT2D eigenvalue weighted by Gasteiger charge is -2.25. The summed E-state index contributed by atoms with van der Waals surface area (Å²) in [5.41, 5.74) is 0.771. The number of amides is 2. The second-order valence-corrected chi connectivity index (χ2v) is 8.26. The third kappa shape index (κ3) is 5.17. The highest BCUT2D eigenvalue weighted by molar-refractivity contribution is 5.99. The van der Waals surface area contributed by atoms with E-state index in [0.717, 1.165) is 55.2 Å². The zero-order chi connectivity index (χ0) is 22.3. The van der Waals surface area contributed by atoms with Gasteiger partial charge in [0.05, 0.1) is 6.54 Å². The normalized spacial score (nSPS) is 19.5. The van der Waals surface area contributed by atoms with Crippen molar-refractivity contribution in [3.8, 4) is 6.19 Å². The molecule has 0 bridgehead atoms. The topological polar surface area (TPSA) is 101 Å². The molecule has 32 heavy (non-hydrogen) atoms. The van der Waals surface area contributed by atoms with Gasteiger partial charge in [-0.25, -0.2) is 4.99 Å². The standard InChI is InChI=1S/C24H28N6O2/c25-17-26-24(27-20-11-10-18-7-1-2-8-19(18)15-20)28-21-9-3-4-14-30(23(21)32)16-22(31)29-12-5-6-13-29/h1-2,7-8,10-11,15,21H,3-6,9,12-14,16H2,(H2,26,27,28)/t21-/m0/s1. The van der Waals surface area contributed by atoms with Gasteiger partial charge in [0.1, 0.15) is 6.04 Å². The molecule has 0 unspecified atom stereocenters. The van der Waals surface area contributed by atoms with Gasteiger partial charge < -0.3 is 15.1 Å². The number of carbonyl (C=O) groups is 2. The van der Waals surface area contributed by atoms with Gasteiger partial charge in [0, 0.05) is 25.3 Å². The molecule has 2 heterocycles. The molecule has 2 aromatic carbocycles. The number of rotatable bonds is 4. The Balaban J connectivity index is 1.49. The van der Waals surface area contributed by atoms with Crippen LogP contribution in [0, 0.1) is 11.5 Å². The number of fused-ring (bicyclic) bond motifs is 1. The van der Waals surface area contributed by atoms with E-state index in [1.165, 1.54) is 0 Å². The van der Waals surface area contributed by atoms with Gasteiger partial charge in [-0.15, -0.1) is 0 Å². The van der Waals surface area contributed by atoms with E-state index in [0.29, 0.717) is 13.0 Å². The fraction of sp³-hybridized carbons (Fsp3) is 0.417. The van der Waals surface area contributed by atoms with Crippen LogP contribution >= 0.6 is 0 Å². The van der Waals surface area contributed by atoms with Gasteiger partial charge >= 0.3 is 0 Å². The van der Waals surface area contributed by atoms with Gasteiger partial charge in [0.2, 0.25) is 17.8 Å². The quantitative estimate of drug-likeness (QED) is 0.335. The maximum atomic E-state index is 13.2. The molecule has 166 valence electrons. The minimum absolute atomic E-state index is 0.00476. The van der Waals surface area contributed by atoms with Crippen LogP contribution in [0.25, 0.3) is 10.8 Å².